The standard InChI is InChI=1S/C4H8N2O2/c1-2-5-6(3-7)4-8/h3-5H,2H2,1H3. The second-order valence-corrected chi connectivity index (χ2v) is 1.13. The summed E-state index contributed by atoms with van der Waals surface area (Å²) in [6, 6.07) is 0. The highest BCUT2D eigenvalue weighted by Gasteiger charge is 1.90. The molecular weight excluding hydrogens is 108 g/mol. The normalized spacial score (nSPS) is 8.12. The molecule has 0 bridgehead atoms. The predicted octanol–water partition coefficient (Wildman–Crippen LogP) is -0.874. The van der Waals surface area contributed by atoms with Gasteiger partial charge in [0, 0.05) is 6.54 Å². The summed E-state index contributed by atoms with van der Waals surface area (Å²) in [7, 11) is 0. The Bertz CT molecular complexity index is 76.1. The molecule has 4 nitrogen and oxygen atoms in total. The molecule has 0 heterocycles. The molecule has 0 rings (SSSR count). The number of carbonyl (C=O) groups excluding carboxylic acids is 2. The highest BCUT2D eigenvalue weighted by Crippen LogP contribution is 1.62. The Morgan fingerprint density at radius 2 is 2.00 bits per heavy atom. The molecule has 0 aliphatic heterocycles. The highest BCUT2D eigenvalue weighted by atomic mass is 16.2. The van der Waals surface area contributed by atoms with Gasteiger partial charge in [-0.15, -0.1) is 0 Å². The molecule has 0 aromatic heterocycles. The molecule has 4 heteroatoms. The number of rotatable bonds is 4. The minimum absolute atomic E-state index is 0.413. The maximum atomic E-state index is 9.76. The quantitative estimate of drug-likeness (QED) is 0.383. The van der Waals surface area contributed by atoms with E-state index in [-0.39, 0.29) is 0 Å². The van der Waals surface area contributed by atoms with Crippen LogP contribution < -0.4 is 5.43 Å². The monoisotopic (exact) mass is 116 g/mol. The zero-order chi connectivity index (χ0) is 6.41. The van der Waals surface area contributed by atoms with E-state index in [0.29, 0.717) is 19.4 Å². The molecule has 8 heavy (non-hydrogen) atoms. The SMILES string of the molecule is CCNN(C=O)C=O. The van der Waals surface area contributed by atoms with Crippen LogP contribution in [0.2, 0.25) is 0 Å². The second-order valence-electron chi connectivity index (χ2n) is 1.13. The molecule has 0 aromatic rings. The van der Waals surface area contributed by atoms with Crippen LogP contribution in [0.4, 0.5) is 0 Å². The molecule has 0 fully saturated rings. The molecule has 0 spiro atoms. The van der Waals surface area contributed by atoms with E-state index in [1.807, 2.05) is 0 Å². The Morgan fingerprint density at radius 1 is 1.50 bits per heavy atom. The third-order valence-electron chi connectivity index (χ3n) is 0.568. The van der Waals surface area contributed by atoms with E-state index in [1.54, 1.807) is 6.92 Å². The van der Waals surface area contributed by atoms with Crippen LogP contribution in [-0.2, 0) is 9.59 Å². The summed E-state index contributed by atoms with van der Waals surface area (Å²) in [6.45, 7) is 2.36. The Balaban J connectivity index is 3.35. The van der Waals surface area contributed by atoms with Gasteiger partial charge in [0.05, 0.1) is 0 Å². The highest BCUT2D eigenvalue weighted by molar-refractivity contribution is 5.67. The first kappa shape index (κ1) is 7.10. The van der Waals surface area contributed by atoms with Gasteiger partial charge in [0.15, 0.2) is 0 Å². The smallest absolute Gasteiger partial charge is 0.230 e. The second kappa shape index (κ2) is 4.26. The molecule has 0 atom stereocenters. The summed E-state index contributed by atoms with van der Waals surface area (Å²) in [5.41, 5.74) is 2.48. The summed E-state index contributed by atoms with van der Waals surface area (Å²) < 4.78 is 0. The van der Waals surface area contributed by atoms with Gasteiger partial charge in [-0.1, -0.05) is 6.92 Å². The van der Waals surface area contributed by atoms with Gasteiger partial charge >= 0.3 is 0 Å². The van der Waals surface area contributed by atoms with E-state index in [9.17, 15) is 9.59 Å². The fourth-order valence-corrected chi connectivity index (χ4v) is 0.282. The van der Waals surface area contributed by atoms with Gasteiger partial charge in [-0.2, -0.15) is 0 Å². The van der Waals surface area contributed by atoms with Crippen molar-refractivity contribution >= 4 is 12.8 Å². The van der Waals surface area contributed by atoms with Crippen molar-refractivity contribution in [2.45, 2.75) is 6.92 Å². The molecule has 0 unspecified atom stereocenters. The molecule has 0 radical (unpaired) electrons. The third kappa shape index (κ3) is 2.30. The summed E-state index contributed by atoms with van der Waals surface area (Å²) in [6.07, 6.45) is 0.826. The minimum Gasteiger partial charge on any atom is -0.277 e. The Morgan fingerprint density at radius 3 is 2.12 bits per heavy atom. The first-order valence-electron chi connectivity index (χ1n) is 2.27. The number of hydrazine groups is 1. The lowest BCUT2D eigenvalue weighted by atomic mass is 10.8. The Hall–Kier alpha value is -0.900. The van der Waals surface area contributed by atoms with E-state index in [1.165, 1.54) is 0 Å². The number of imide groups is 1. The van der Waals surface area contributed by atoms with Crippen molar-refractivity contribution < 1.29 is 9.59 Å². The van der Waals surface area contributed by atoms with Crippen molar-refractivity contribution in [2.75, 3.05) is 6.54 Å². The van der Waals surface area contributed by atoms with Crippen molar-refractivity contribution in [1.82, 2.24) is 10.4 Å². The topological polar surface area (TPSA) is 49.4 Å². The molecule has 0 aliphatic rings. The van der Waals surface area contributed by atoms with Crippen molar-refractivity contribution in [3.63, 3.8) is 0 Å². The van der Waals surface area contributed by atoms with Crippen molar-refractivity contribution in [2.24, 2.45) is 0 Å². The number of hydrogen-bond donors (Lipinski definition) is 1. The summed E-state index contributed by atoms with van der Waals surface area (Å²) >= 11 is 0. The van der Waals surface area contributed by atoms with Crippen LogP contribution in [0.15, 0.2) is 0 Å². The number of nitrogens with one attached hydrogen (secondary N) is 1. The van der Waals surface area contributed by atoms with E-state index in [2.05, 4.69) is 5.43 Å². The molecule has 0 aromatic carbocycles. The number of nitrogens with zero attached hydrogens (tertiary/aromatic N) is 1. The Kier molecular flexibility index (Phi) is 3.78. The van der Waals surface area contributed by atoms with E-state index in [4.69, 9.17) is 0 Å². The van der Waals surface area contributed by atoms with Crippen molar-refractivity contribution in [1.29, 1.82) is 0 Å². The molecule has 0 aliphatic carbocycles. The first-order valence-corrected chi connectivity index (χ1v) is 2.27. The van der Waals surface area contributed by atoms with Crippen LogP contribution in [0, 0.1) is 0 Å². The van der Waals surface area contributed by atoms with Gasteiger partial charge in [-0.25, -0.2) is 10.4 Å². The van der Waals surface area contributed by atoms with Crippen molar-refractivity contribution in [3.8, 4) is 0 Å². The zero-order valence-electron chi connectivity index (χ0n) is 4.63. The molecular formula is C4H8N2O2. The van der Waals surface area contributed by atoms with Crippen LogP contribution in [-0.4, -0.2) is 24.4 Å². The Labute approximate surface area is 47.4 Å². The van der Waals surface area contributed by atoms with Gasteiger partial charge < -0.3 is 0 Å². The lowest BCUT2D eigenvalue weighted by Crippen LogP contribution is -2.35. The summed E-state index contributed by atoms with van der Waals surface area (Å²) in [4.78, 5) is 19.5. The average Bonchev–Trinajstić information content (AvgIpc) is 1.83. The van der Waals surface area contributed by atoms with Crippen LogP contribution in [0.3, 0.4) is 0 Å². The summed E-state index contributed by atoms with van der Waals surface area (Å²) in [5, 5.41) is 0.819. The van der Waals surface area contributed by atoms with Gasteiger partial charge in [0.1, 0.15) is 0 Å². The lowest BCUT2D eigenvalue weighted by Gasteiger charge is -2.05. The van der Waals surface area contributed by atoms with Crippen molar-refractivity contribution in [3.05, 3.63) is 0 Å². The number of amides is 2. The fourth-order valence-electron chi connectivity index (χ4n) is 0.282. The lowest BCUT2D eigenvalue weighted by molar-refractivity contribution is -0.132. The van der Waals surface area contributed by atoms with E-state index >= 15 is 0 Å². The molecule has 1 N–H and O–H groups in total. The first-order chi connectivity index (χ1) is 3.85. The molecule has 0 saturated heterocycles. The third-order valence-corrected chi connectivity index (χ3v) is 0.568. The molecule has 0 saturated carbocycles. The minimum atomic E-state index is 0.413. The van der Waals surface area contributed by atoms with Gasteiger partial charge in [0.25, 0.3) is 0 Å². The average molecular weight is 116 g/mol. The van der Waals surface area contributed by atoms with Gasteiger partial charge in [-0.05, 0) is 0 Å². The number of hydrogen-bond acceptors (Lipinski definition) is 3. The predicted molar refractivity (Wildman–Crippen MR) is 27.6 cm³/mol. The zero-order valence-corrected chi connectivity index (χ0v) is 4.63. The van der Waals surface area contributed by atoms with E-state index < -0.39 is 0 Å². The van der Waals surface area contributed by atoms with Crippen LogP contribution in [0.25, 0.3) is 0 Å². The van der Waals surface area contributed by atoms with Gasteiger partial charge in [0.2, 0.25) is 12.8 Å². The van der Waals surface area contributed by atoms with Gasteiger partial charge in [-0.3, -0.25) is 9.59 Å². The van der Waals surface area contributed by atoms with Crippen LogP contribution >= 0.6 is 0 Å². The molecule has 2 amide bonds. The fraction of sp³-hybridized carbons (Fsp3) is 0.500. The largest absolute Gasteiger partial charge is 0.277 e. The summed E-state index contributed by atoms with van der Waals surface area (Å²) in [5.74, 6) is 0. The molecule has 46 valence electrons. The maximum absolute atomic E-state index is 9.76. The maximum Gasteiger partial charge on any atom is 0.230 e. The van der Waals surface area contributed by atoms with E-state index in [0.717, 1.165) is 5.01 Å². The number of carbonyl (C=O) groups is 2. The van der Waals surface area contributed by atoms with Crippen LogP contribution in [0.1, 0.15) is 6.92 Å². The van der Waals surface area contributed by atoms with Crippen LogP contribution in [0.5, 0.6) is 0 Å².